The van der Waals surface area contributed by atoms with E-state index < -0.39 is 0 Å². The Bertz CT molecular complexity index is 781. The van der Waals surface area contributed by atoms with Crippen LogP contribution >= 0.6 is 11.8 Å². The highest BCUT2D eigenvalue weighted by molar-refractivity contribution is 7.97. The Hall–Kier alpha value is -2.53. The van der Waals surface area contributed by atoms with Crippen LogP contribution in [0.3, 0.4) is 0 Å². The third-order valence-electron chi connectivity index (χ3n) is 3.62. The topological polar surface area (TPSA) is 44.1 Å². The Morgan fingerprint density at radius 2 is 1.67 bits per heavy atom. The molecule has 0 saturated carbocycles. The zero-order valence-electron chi connectivity index (χ0n) is 13.4. The SMILES string of the molecule is COC(=O)c1ccc(CSCc2ccc(-n3cccn3)cc2)cc1. The van der Waals surface area contributed by atoms with Crippen molar-refractivity contribution in [2.24, 2.45) is 0 Å². The van der Waals surface area contributed by atoms with Crippen LogP contribution in [0.4, 0.5) is 0 Å². The molecule has 4 nitrogen and oxygen atoms in total. The largest absolute Gasteiger partial charge is 0.465 e. The molecule has 0 saturated heterocycles. The van der Waals surface area contributed by atoms with E-state index in [9.17, 15) is 4.79 Å². The van der Waals surface area contributed by atoms with Gasteiger partial charge >= 0.3 is 5.97 Å². The number of methoxy groups -OCH3 is 1. The number of esters is 1. The van der Waals surface area contributed by atoms with Gasteiger partial charge in [-0.1, -0.05) is 24.3 Å². The predicted molar refractivity (Wildman–Crippen MR) is 96.3 cm³/mol. The lowest BCUT2D eigenvalue weighted by atomic mass is 10.1. The van der Waals surface area contributed by atoms with E-state index in [-0.39, 0.29) is 5.97 Å². The van der Waals surface area contributed by atoms with Gasteiger partial charge < -0.3 is 4.74 Å². The summed E-state index contributed by atoms with van der Waals surface area (Å²) in [6.45, 7) is 0. The van der Waals surface area contributed by atoms with Crippen molar-refractivity contribution in [1.29, 1.82) is 0 Å². The quantitative estimate of drug-likeness (QED) is 0.635. The van der Waals surface area contributed by atoms with Gasteiger partial charge in [0.1, 0.15) is 0 Å². The van der Waals surface area contributed by atoms with Crippen molar-refractivity contribution < 1.29 is 9.53 Å². The maximum Gasteiger partial charge on any atom is 0.337 e. The van der Waals surface area contributed by atoms with E-state index in [0.29, 0.717) is 5.56 Å². The van der Waals surface area contributed by atoms with Crippen LogP contribution in [0, 0.1) is 0 Å². The molecular weight excluding hydrogens is 320 g/mol. The second-order valence-electron chi connectivity index (χ2n) is 5.30. The van der Waals surface area contributed by atoms with Gasteiger partial charge in [0, 0.05) is 23.9 Å². The molecule has 0 bridgehead atoms. The molecule has 0 fully saturated rings. The molecule has 0 aliphatic heterocycles. The third kappa shape index (κ3) is 4.06. The number of hydrogen-bond acceptors (Lipinski definition) is 4. The van der Waals surface area contributed by atoms with Crippen LogP contribution in [0.5, 0.6) is 0 Å². The fraction of sp³-hybridized carbons (Fsp3) is 0.158. The summed E-state index contributed by atoms with van der Waals surface area (Å²) in [5.74, 6) is 1.55. The predicted octanol–water partition coefficient (Wildman–Crippen LogP) is 4.09. The van der Waals surface area contributed by atoms with Crippen molar-refractivity contribution in [3.05, 3.63) is 83.7 Å². The minimum absolute atomic E-state index is 0.300. The van der Waals surface area contributed by atoms with E-state index in [2.05, 4.69) is 29.4 Å². The zero-order valence-corrected chi connectivity index (χ0v) is 14.2. The second-order valence-corrected chi connectivity index (χ2v) is 6.28. The summed E-state index contributed by atoms with van der Waals surface area (Å²) in [5.41, 5.74) is 4.12. The van der Waals surface area contributed by atoms with Crippen molar-refractivity contribution >= 4 is 17.7 Å². The first-order chi connectivity index (χ1) is 11.8. The van der Waals surface area contributed by atoms with Gasteiger partial charge in [0.15, 0.2) is 0 Å². The summed E-state index contributed by atoms with van der Waals surface area (Å²) in [6, 6.07) is 17.9. The maximum atomic E-state index is 11.4. The van der Waals surface area contributed by atoms with Crippen molar-refractivity contribution in [1.82, 2.24) is 9.78 Å². The van der Waals surface area contributed by atoms with Crippen molar-refractivity contribution in [3.8, 4) is 5.69 Å². The summed E-state index contributed by atoms with van der Waals surface area (Å²) in [4.78, 5) is 11.4. The Kier molecular flexibility index (Phi) is 5.33. The highest BCUT2D eigenvalue weighted by Gasteiger charge is 2.04. The number of carbonyl (C=O) groups excluding carboxylic acids is 1. The molecule has 0 N–H and O–H groups in total. The fourth-order valence-corrected chi connectivity index (χ4v) is 3.27. The molecule has 1 aromatic heterocycles. The smallest absolute Gasteiger partial charge is 0.337 e. The third-order valence-corrected chi connectivity index (χ3v) is 4.69. The standard InChI is InChI=1S/C19H18N2O2S/c1-23-19(22)17-7-3-15(4-8-17)13-24-14-16-5-9-18(10-6-16)21-12-2-11-20-21/h2-12H,13-14H2,1H3. The number of hydrogen-bond donors (Lipinski definition) is 0. The molecule has 5 heteroatoms. The van der Waals surface area contributed by atoms with E-state index >= 15 is 0 Å². The number of thioether (sulfide) groups is 1. The molecule has 24 heavy (non-hydrogen) atoms. The van der Waals surface area contributed by atoms with Crippen LogP contribution < -0.4 is 0 Å². The minimum Gasteiger partial charge on any atom is -0.465 e. The lowest BCUT2D eigenvalue weighted by molar-refractivity contribution is 0.0600. The van der Waals surface area contributed by atoms with Gasteiger partial charge in [-0.2, -0.15) is 16.9 Å². The van der Waals surface area contributed by atoms with Crippen LogP contribution in [-0.2, 0) is 16.2 Å². The number of nitrogens with zero attached hydrogens (tertiary/aromatic N) is 2. The summed E-state index contributed by atoms with van der Waals surface area (Å²) in [5, 5.41) is 4.22. The van der Waals surface area contributed by atoms with E-state index in [4.69, 9.17) is 4.74 Å². The average Bonchev–Trinajstić information content (AvgIpc) is 3.17. The number of rotatable bonds is 6. The molecule has 0 spiro atoms. The van der Waals surface area contributed by atoms with Gasteiger partial charge in [0.2, 0.25) is 0 Å². The van der Waals surface area contributed by atoms with E-state index in [1.54, 1.807) is 18.3 Å². The molecule has 3 rings (SSSR count). The first-order valence-electron chi connectivity index (χ1n) is 7.60. The first kappa shape index (κ1) is 16.3. The molecule has 0 atom stereocenters. The minimum atomic E-state index is -0.300. The Morgan fingerprint density at radius 1 is 1.04 bits per heavy atom. The van der Waals surface area contributed by atoms with Gasteiger partial charge in [-0.3, -0.25) is 0 Å². The molecule has 1 heterocycles. The second kappa shape index (κ2) is 7.84. The first-order valence-corrected chi connectivity index (χ1v) is 8.76. The Balaban J connectivity index is 1.52. The Morgan fingerprint density at radius 3 is 2.21 bits per heavy atom. The van der Waals surface area contributed by atoms with Crippen LogP contribution in [-0.4, -0.2) is 22.9 Å². The molecule has 122 valence electrons. The fourth-order valence-electron chi connectivity index (χ4n) is 2.31. The molecule has 0 radical (unpaired) electrons. The Labute approximate surface area is 145 Å². The highest BCUT2D eigenvalue weighted by Crippen LogP contribution is 2.19. The molecule has 0 amide bonds. The zero-order chi connectivity index (χ0) is 16.8. The number of ether oxygens (including phenoxy) is 1. The normalized spacial score (nSPS) is 10.5. The van der Waals surface area contributed by atoms with E-state index in [1.165, 1.54) is 18.2 Å². The molecular formula is C19H18N2O2S. The van der Waals surface area contributed by atoms with Crippen molar-refractivity contribution in [2.75, 3.05) is 7.11 Å². The maximum absolute atomic E-state index is 11.4. The summed E-state index contributed by atoms with van der Waals surface area (Å²) in [7, 11) is 1.39. The molecule has 3 aromatic rings. The number of aromatic nitrogens is 2. The number of carbonyl (C=O) groups is 1. The van der Waals surface area contributed by atoms with Crippen LogP contribution in [0.25, 0.3) is 5.69 Å². The van der Waals surface area contributed by atoms with Gasteiger partial charge in [0.05, 0.1) is 18.4 Å². The van der Waals surface area contributed by atoms with Crippen molar-refractivity contribution in [3.63, 3.8) is 0 Å². The molecule has 0 unspecified atom stereocenters. The van der Waals surface area contributed by atoms with Gasteiger partial charge in [-0.15, -0.1) is 0 Å². The summed E-state index contributed by atoms with van der Waals surface area (Å²) in [6.07, 6.45) is 3.71. The monoisotopic (exact) mass is 338 g/mol. The molecule has 0 aliphatic rings. The van der Waals surface area contributed by atoms with E-state index in [0.717, 1.165) is 17.2 Å². The van der Waals surface area contributed by atoms with E-state index in [1.807, 2.05) is 40.8 Å². The van der Waals surface area contributed by atoms with Crippen LogP contribution in [0.15, 0.2) is 67.0 Å². The van der Waals surface area contributed by atoms with Crippen molar-refractivity contribution in [2.45, 2.75) is 11.5 Å². The lowest BCUT2D eigenvalue weighted by Gasteiger charge is -2.06. The molecule has 2 aromatic carbocycles. The van der Waals surface area contributed by atoms with Crippen LogP contribution in [0.2, 0.25) is 0 Å². The summed E-state index contributed by atoms with van der Waals surface area (Å²) >= 11 is 1.84. The van der Waals surface area contributed by atoms with Gasteiger partial charge in [-0.25, -0.2) is 9.48 Å². The lowest BCUT2D eigenvalue weighted by Crippen LogP contribution is -2.00. The summed E-state index contributed by atoms with van der Waals surface area (Å²) < 4.78 is 6.55. The number of benzene rings is 2. The van der Waals surface area contributed by atoms with Gasteiger partial charge in [0.25, 0.3) is 0 Å². The van der Waals surface area contributed by atoms with Crippen LogP contribution in [0.1, 0.15) is 21.5 Å². The van der Waals surface area contributed by atoms with Gasteiger partial charge in [-0.05, 0) is 41.5 Å². The highest BCUT2D eigenvalue weighted by atomic mass is 32.2. The molecule has 0 aliphatic carbocycles. The average molecular weight is 338 g/mol.